The minimum Gasteiger partial charge on any atom is -0.493 e. The predicted octanol–water partition coefficient (Wildman–Crippen LogP) is 2.26. The van der Waals surface area contributed by atoms with Crippen molar-refractivity contribution < 1.29 is 9.47 Å². The molecule has 0 heterocycles. The minimum absolute atomic E-state index is 0.129. The number of ether oxygens (including phenoxy) is 2. The smallest absolute Gasteiger partial charge is 0.164 e. The summed E-state index contributed by atoms with van der Waals surface area (Å²) in [5.41, 5.74) is 8.54. The van der Waals surface area contributed by atoms with Crippen LogP contribution in [-0.4, -0.2) is 20.8 Å². The lowest BCUT2D eigenvalue weighted by molar-refractivity contribution is 0.348. The second-order valence-corrected chi connectivity index (χ2v) is 4.72. The molecule has 3 heteroatoms. The lowest BCUT2D eigenvalue weighted by Gasteiger charge is -2.20. The third-order valence-electron chi connectivity index (χ3n) is 3.76. The summed E-state index contributed by atoms with van der Waals surface area (Å²) in [6.45, 7) is 2.83. The van der Waals surface area contributed by atoms with Crippen molar-refractivity contribution in [1.29, 1.82) is 0 Å². The fourth-order valence-corrected chi connectivity index (χ4v) is 2.35. The fraction of sp³-hybridized carbons (Fsp3) is 0.571. The van der Waals surface area contributed by atoms with E-state index >= 15 is 0 Å². The number of aryl methyl sites for hydroxylation is 1. The highest BCUT2D eigenvalue weighted by Crippen LogP contribution is 2.52. The molecule has 0 unspecified atom stereocenters. The first-order valence-corrected chi connectivity index (χ1v) is 6.16. The first-order chi connectivity index (χ1) is 8.20. The zero-order chi connectivity index (χ0) is 12.5. The van der Waals surface area contributed by atoms with Crippen molar-refractivity contribution in [2.45, 2.75) is 31.6 Å². The number of nitrogens with two attached hydrogens (primary N) is 1. The van der Waals surface area contributed by atoms with Crippen molar-refractivity contribution in [3.8, 4) is 11.5 Å². The van der Waals surface area contributed by atoms with E-state index < -0.39 is 0 Å². The van der Waals surface area contributed by atoms with E-state index in [1.165, 1.54) is 11.1 Å². The Morgan fingerprint density at radius 2 is 1.94 bits per heavy atom. The topological polar surface area (TPSA) is 44.5 Å². The molecule has 0 atom stereocenters. The molecular weight excluding hydrogens is 214 g/mol. The minimum atomic E-state index is 0.129. The summed E-state index contributed by atoms with van der Waals surface area (Å²) in [4.78, 5) is 0. The van der Waals surface area contributed by atoms with Crippen LogP contribution >= 0.6 is 0 Å². The van der Waals surface area contributed by atoms with Gasteiger partial charge < -0.3 is 15.2 Å². The van der Waals surface area contributed by atoms with Crippen LogP contribution < -0.4 is 15.2 Å². The Kier molecular flexibility index (Phi) is 3.29. The standard InChI is InChI=1S/C14H21NO2/c1-4-10-7-11(14(9-15)5-6-14)13(17-3)12(8-10)16-2/h7-8H,4-6,9,15H2,1-3H3. The summed E-state index contributed by atoms with van der Waals surface area (Å²) < 4.78 is 10.9. The molecule has 0 bridgehead atoms. The summed E-state index contributed by atoms with van der Waals surface area (Å²) in [5.74, 6) is 1.68. The molecule has 0 aromatic heterocycles. The quantitative estimate of drug-likeness (QED) is 0.851. The maximum atomic E-state index is 5.91. The van der Waals surface area contributed by atoms with Crippen LogP contribution in [0.5, 0.6) is 11.5 Å². The van der Waals surface area contributed by atoms with Crippen LogP contribution in [-0.2, 0) is 11.8 Å². The SMILES string of the molecule is CCc1cc(OC)c(OC)c(C2(CN)CC2)c1. The number of methoxy groups -OCH3 is 2. The van der Waals surface area contributed by atoms with E-state index in [9.17, 15) is 0 Å². The van der Waals surface area contributed by atoms with Crippen LogP contribution in [0.15, 0.2) is 12.1 Å². The molecule has 0 aliphatic heterocycles. The Morgan fingerprint density at radius 1 is 1.24 bits per heavy atom. The highest BCUT2D eigenvalue weighted by atomic mass is 16.5. The molecule has 17 heavy (non-hydrogen) atoms. The van der Waals surface area contributed by atoms with Gasteiger partial charge in [-0.1, -0.05) is 13.0 Å². The van der Waals surface area contributed by atoms with Crippen LogP contribution in [0, 0.1) is 0 Å². The molecule has 1 aromatic rings. The van der Waals surface area contributed by atoms with E-state index in [1.807, 2.05) is 0 Å². The summed E-state index contributed by atoms with van der Waals surface area (Å²) in [7, 11) is 3.38. The number of hydrogen-bond donors (Lipinski definition) is 1. The van der Waals surface area contributed by atoms with Gasteiger partial charge in [-0.2, -0.15) is 0 Å². The zero-order valence-electron chi connectivity index (χ0n) is 10.9. The van der Waals surface area contributed by atoms with Crippen LogP contribution in [0.4, 0.5) is 0 Å². The Balaban J connectivity index is 2.55. The van der Waals surface area contributed by atoms with Gasteiger partial charge in [-0.05, 0) is 30.9 Å². The third kappa shape index (κ3) is 2.00. The van der Waals surface area contributed by atoms with E-state index in [-0.39, 0.29) is 5.41 Å². The number of hydrogen-bond acceptors (Lipinski definition) is 3. The molecule has 3 nitrogen and oxygen atoms in total. The summed E-state index contributed by atoms with van der Waals surface area (Å²) in [5, 5.41) is 0. The molecule has 1 aliphatic carbocycles. The average Bonchev–Trinajstić information content (AvgIpc) is 3.17. The Morgan fingerprint density at radius 3 is 2.35 bits per heavy atom. The molecule has 1 fully saturated rings. The largest absolute Gasteiger partial charge is 0.493 e. The summed E-state index contributed by atoms with van der Waals surface area (Å²) in [6, 6.07) is 4.27. The monoisotopic (exact) mass is 235 g/mol. The van der Waals surface area contributed by atoms with Crippen LogP contribution in [0.3, 0.4) is 0 Å². The van der Waals surface area contributed by atoms with E-state index in [2.05, 4.69) is 19.1 Å². The molecule has 1 aliphatic rings. The van der Waals surface area contributed by atoms with Gasteiger partial charge in [-0.3, -0.25) is 0 Å². The highest BCUT2D eigenvalue weighted by Gasteiger charge is 2.45. The van der Waals surface area contributed by atoms with Gasteiger partial charge >= 0.3 is 0 Å². The van der Waals surface area contributed by atoms with E-state index in [4.69, 9.17) is 15.2 Å². The molecule has 2 rings (SSSR count). The fourth-order valence-electron chi connectivity index (χ4n) is 2.35. The van der Waals surface area contributed by atoms with E-state index in [0.29, 0.717) is 6.54 Å². The zero-order valence-corrected chi connectivity index (χ0v) is 10.9. The molecule has 0 amide bonds. The highest BCUT2D eigenvalue weighted by molar-refractivity contribution is 5.54. The van der Waals surface area contributed by atoms with Gasteiger partial charge in [0.15, 0.2) is 11.5 Å². The summed E-state index contributed by atoms with van der Waals surface area (Å²) in [6.07, 6.45) is 3.29. The molecular formula is C14H21NO2. The first-order valence-electron chi connectivity index (χ1n) is 6.16. The Bertz CT molecular complexity index is 411. The van der Waals surface area contributed by atoms with Crippen molar-refractivity contribution in [2.24, 2.45) is 5.73 Å². The van der Waals surface area contributed by atoms with Gasteiger partial charge in [0.05, 0.1) is 14.2 Å². The second kappa shape index (κ2) is 4.57. The van der Waals surface area contributed by atoms with Gasteiger partial charge in [-0.15, -0.1) is 0 Å². The molecule has 1 aromatic carbocycles. The maximum absolute atomic E-state index is 5.91. The molecule has 2 N–H and O–H groups in total. The van der Waals surface area contributed by atoms with Crippen molar-refractivity contribution >= 4 is 0 Å². The maximum Gasteiger partial charge on any atom is 0.164 e. The third-order valence-corrected chi connectivity index (χ3v) is 3.76. The predicted molar refractivity (Wildman–Crippen MR) is 68.9 cm³/mol. The summed E-state index contributed by atoms with van der Waals surface area (Å²) >= 11 is 0. The molecule has 0 radical (unpaired) electrons. The van der Waals surface area contributed by atoms with E-state index in [1.54, 1.807) is 14.2 Å². The van der Waals surface area contributed by atoms with Crippen LogP contribution in [0.2, 0.25) is 0 Å². The number of rotatable bonds is 5. The lowest BCUT2D eigenvalue weighted by atomic mass is 9.92. The van der Waals surface area contributed by atoms with Gasteiger partial charge in [-0.25, -0.2) is 0 Å². The Hall–Kier alpha value is -1.22. The average molecular weight is 235 g/mol. The molecule has 1 saturated carbocycles. The van der Waals surface area contributed by atoms with Gasteiger partial charge in [0, 0.05) is 17.5 Å². The Labute approximate surface area is 103 Å². The van der Waals surface area contributed by atoms with Crippen LogP contribution in [0.1, 0.15) is 30.9 Å². The second-order valence-electron chi connectivity index (χ2n) is 4.72. The molecule has 0 spiro atoms. The normalized spacial score (nSPS) is 16.7. The van der Waals surface area contributed by atoms with Gasteiger partial charge in [0.2, 0.25) is 0 Å². The van der Waals surface area contributed by atoms with Crippen molar-refractivity contribution in [1.82, 2.24) is 0 Å². The van der Waals surface area contributed by atoms with Crippen molar-refractivity contribution in [3.63, 3.8) is 0 Å². The lowest BCUT2D eigenvalue weighted by Crippen LogP contribution is -2.21. The van der Waals surface area contributed by atoms with Crippen molar-refractivity contribution in [2.75, 3.05) is 20.8 Å². The van der Waals surface area contributed by atoms with E-state index in [0.717, 1.165) is 30.8 Å². The van der Waals surface area contributed by atoms with Crippen molar-refractivity contribution in [3.05, 3.63) is 23.3 Å². The molecule has 94 valence electrons. The van der Waals surface area contributed by atoms with Gasteiger partial charge in [0.25, 0.3) is 0 Å². The first kappa shape index (κ1) is 12.2. The number of benzene rings is 1. The molecule has 0 saturated heterocycles. The van der Waals surface area contributed by atoms with Gasteiger partial charge in [0.1, 0.15) is 0 Å². The van der Waals surface area contributed by atoms with Crippen LogP contribution in [0.25, 0.3) is 0 Å².